The first-order valence-electron chi connectivity index (χ1n) is 8.91. The van der Waals surface area contributed by atoms with Crippen molar-refractivity contribution in [3.05, 3.63) is 51.6 Å². The summed E-state index contributed by atoms with van der Waals surface area (Å²) >= 11 is 7.75. The first-order valence-corrected chi connectivity index (χ1v) is 10.1. The zero-order chi connectivity index (χ0) is 19.7. The second-order valence-corrected chi connectivity index (χ2v) is 8.23. The number of anilines is 1. The van der Waals surface area contributed by atoms with E-state index in [0.29, 0.717) is 31.9 Å². The van der Waals surface area contributed by atoms with Crippen LogP contribution in [-0.2, 0) is 17.8 Å². The lowest BCUT2D eigenvalue weighted by molar-refractivity contribution is 0.122. The highest BCUT2D eigenvalue weighted by Crippen LogP contribution is 2.34. The molecule has 4 rings (SSSR count). The van der Waals surface area contributed by atoms with Crippen molar-refractivity contribution in [2.24, 2.45) is 0 Å². The van der Waals surface area contributed by atoms with E-state index in [2.05, 4.69) is 14.9 Å². The van der Waals surface area contributed by atoms with Crippen LogP contribution in [0.3, 0.4) is 0 Å². The number of morpholine rings is 1. The van der Waals surface area contributed by atoms with Crippen molar-refractivity contribution in [2.45, 2.75) is 13.1 Å². The van der Waals surface area contributed by atoms with Crippen LogP contribution in [0.1, 0.15) is 10.4 Å². The van der Waals surface area contributed by atoms with E-state index in [1.807, 2.05) is 18.0 Å². The van der Waals surface area contributed by atoms with Crippen molar-refractivity contribution in [1.82, 2.24) is 14.9 Å². The van der Waals surface area contributed by atoms with Gasteiger partial charge in [0.2, 0.25) is 5.28 Å². The highest BCUT2D eigenvalue weighted by molar-refractivity contribution is 7.19. The number of thiophene rings is 1. The van der Waals surface area contributed by atoms with Gasteiger partial charge in [-0.1, -0.05) is 6.07 Å². The Balaban J connectivity index is 1.55. The Morgan fingerprint density at radius 2 is 1.96 bits per heavy atom. The van der Waals surface area contributed by atoms with Gasteiger partial charge in [0, 0.05) is 42.7 Å². The molecule has 0 atom stereocenters. The van der Waals surface area contributed by atoms with Gasteiger partial charge in [-0.2, -0.15) is 4.98 Å². The summed E-state index contributed by atoms with van der Waals surface area (Å²) in [5.41, 5.74) is 1.27. The number of rotatable bonds is 5. The molecular formula is C19H19ClF2N4OS. The Morgan fingerprint density at radius 1 is 1.18 bits per heavy atom. The summed E-state index contributed by atoms with van der Waals surface area (Å²) in [5, 5.41) is 0.222. The van der Waals surface area contributed by atoms with Gasteiger partial charge in [0.15, 0.2) is 5.82 Å². The Morgan fingerprint density at radius 3 is 2.71 bits per heavy atom. The molecule has 1 aliphatic rings. The van der Waals surface area contributed by atoms with E-state index >= 15 is 0 Å². The third kappa shape index (κ3) is 4.25. The summed E-state index contributed by atoms with van der Waals surface area (Å²) in [6.07, 6.45) is 0. The Labute approximate surface area is 170 Å². The van der Waals surface area contributed by atoms with Crippen LogP contribution in [0.15, 0.2) is 24.3 Å². The van der Waals surface area contributed by atoms with Gasteiger partial charge in [0.1, 0.15) is 11.6 Å². The van der Waals surface area contributed by atoms with Crippen LogP contribution in [0, 0.1) is 11.6 Å². The van der Waals surface area contributed by atoms with Crippen LogP contribution in [0.2, 0.25) is 5.28 Å². The maximum Gasteiger partial charge on any atom is 0.224 e. The number of benzene rings is 1. The van der Waals surface area contributed by atoms with Crippen molar-refractivity contribution < 1.29 is 13.5 Å². The summed E-state index contributed by atoms with van der Waals surface area (Å²) < 4.78 is 33.4. The summed E-state index contributed by atoms with van der Waals surface area (Å²) in [7, 11) is 1.90. The third-order valence-electron chi connectivity index (χ3n) is 4.57. The number of hydrogen-bond donors (Lipinski definition) is 0. The van der Waals surface area contributed by atoms with Crippen molar-refractivity contribution in [3.63, 3.8) is 0 Å². The number of halogens is 3. The van der Waals surface area contributed by atoms with E-state index in [1.165, 1.54) is 12.1 Å². The lowest BCUT2D eigenvalue weighted by Crippen LogP contribution is -2.36. The van der Waals surface area contributed by atoms with Crippen LogP contribution in [0.25, 0.3) is 10.2 Å². The third-order valence-corrected chi connectivity index (χ3v) is 5.84. The first-order chi connectivity index (χ1) is 13.5. The molecule has 1 saturated heterocycles. The molecule has 1 aliphatic heterocycles. The molecule has 0 N–H and O–H groups in total. The highest BCUT2D eigenvalue weighted by atomic mass is 35.5. The average Bonchev–Trinajstić information content (AvgIpc) is 3.06. The van der Waals surface area contributed by atoms with Crippen LogP contribution >= 0.6 is 22.9 Å². The molecule has 1 aromatic carbocycles. The van der Waals surface area contributed by atoms with Gasteiger partial charge in [-0.25, -0.2) is 13.8 Å². The quantitative estimate of drug-likeness (QED) is 0.577. The zero-order valence-electron chi connectivity index (χ0n) is 15.3. The number of fused-ring (bicyclic) bond motifs is 1. The van der Waals surface area contributed by atoms with Crippen LogP contribution in [-0.4, -0.2) is 48.2 Å². The summed E-state index contributed by atoms with van der Waals surface area (Å²) in [5.74, 6) is -0.267. The molecule has 3 aromatic rings. The fourth-order valence-electron chi connectivity index (χ4n) is 3.27. The van der Waals surface area contributed by atoms with Gasteiger partial charge in [-0.3, -0.25) is 4.90 Å². The maximum atomic E-state index is 13.9. The molecule has 2 aromatic heterocycles. The highest BCUT2D eigenvalue weighted by Gasteiger charge is 2.19. The molecule has 148 valence electrons. The smallest absolute Gasteiger partial charge is 0.224 e. The molecule has 0 unspecified atom stereocenters. The van der Waals surface area contributed by atoms with Gasteiger partial charge in [0.25, 0.3) is 0 Å². The molecule has 0 amide bonds. The van der Waals surface area contributed by atoms with E-state index in [4.69, 9.17) is 16.3 Å². The van der Waals surface area contributed by atoms with E-state index in [9.17, 15) is 8.78 Å². The van der Waals surface area contributed by atoms with E-state index in [1.54, 1.807) is 11.3 Å². The van der Waals surface area contributed by atoms with E-state index in [0.717, 1.165) is 40.1 Å². The first kappa shape index (κ1) is 19.4. The van der Waals surface area contributed by atoms with Gasteiger partial charge in [-0.15, -0.1) is 11.3 Å². The van der Waals surface area contributed by atoms with Crippen molar-refractivity contribution in [1.29, 1.82) is 0 Å². The van der Waals surface area contributed by atoms with Crippen molar-refractivity contribution >= 4 is 39.0 Å². The SMILES string of the molecule is CN(Cc1cc2nc(Cl)nc(N3CCOCC3)c2s1)Cc1ccc(F)cc1F. The van der Waals surface area contributed by atoms with Gasteiger partial charge in [0.05, 0.1) is 23.4 Å². The summed E-state index contributed by atoms with van der Waals surface area (Å²) in [6.45, 7) is 3.83. The number of hydrogen-bond acceptors (Lipinski definition) is 6. The van der Waals surface area contributed by atoms with E-state index in [-0.39, 0.29) is 5.28 Å². The standard InChI is InChI=1S/C19H19ClF2N4OS/c1-25(10-12-2-3-13(21)8-15(12)22)11-14-9-16-17(28-14)18(24-19(20)23-16)26-4-6-27-7-5-26/h2-3,8-9H,4-7,10-11H2,1H3. The largest absolute Gasteiger partial charge is 0.378 e. The molecule has 0 saturated carbocycles. The zero-order valence-corrected chi connectivity index (χ0v) is 16.9. The topological polar surface area (TPSA) is 41.5 Å². The second kappa shape index (κ2) is 8.24. The lowest BCUT2D eigenvalue weighted by atomic mass is 10.2. The molecule has 5 nitrogen and oxygen atoms in total. The summed E-state index contributed by atoms with van der Waals surface area (Å²) in [4.78, 5) is 14.0. The molecule has 3 heterocycles. The maximum absolute atomic E-state index is 13.9. The molecule has 0 radical (unpaired) electrons. The molecule has 0 bridgehead atoms. The van der Waals surface area contributed by atoms with Crippen molar-refractivity contribution in [3.8, 4) is 0 Å². The normalized spacial score (nSPS) is 15.0. The molecule has 1 fully saturated rings. The van der Waals surface area contributed by atoms with Gasteiger partial charge in [-0.05, 0) is 30.8 Å². The second-order valence-electron chi connectivity index (χ2n) is 6.75. The molecule has 0 spiro atoms. The average molecular weight is 425 g/mol. The Hall–Kier alpha value is -1.87. The van der Waals surface area contributed by atoms with Gasteiger partial charge >= 0.3 is 0 Å². The predicted octanol–water partition coefficient (Wildman–Crippen LogP) is 4.09. The number of aromatic nitrogens is 2. The fraction of sp³-hybridized carbons (Fsp3) is 0.368. The molecule has 28 heavy (non-hydrogen) atoms. The Kier molecular flexibility index (Phi) is 5.73. The molecular weight excluding hydrogens is 406 g/mol. The fourth-order valence-corrected chi connectivity index (χ4v) is 4.63. The van der Waals surface area contributed by atoms with Crippen LogP contribution in [0.4, 0.5) is 14.6 Å². The minimum atomic E-state index is -0.570. The molecule has 9 heteroatoms. The van der Waals surface area contributed by atoms with Gasteiger partial charge < -0.3 is 9.64 Å². The lowest BCUT2D eigenvalue weighted by Gasteiger charge is -2.28. The Bertz CT molecular complexity index is 993. The van der Waals surface area contributed by atoms with Crippen LogP contribution in [0.5, 0.6) is 0 Å². The number of ether oxygens (including phenoxy) is 1. The minimum absolute atomic E-state index is 0.222. The summed E-state index contributed by atoms with van der Waals surface area (Å²) in [6, 6.07) is 5.66. The predicted molar refractivity (Wildman–Crippen MR) is 107 cm³/mol. The monoisotopic (exact) mass is 424 g/mol. The minimum Gasteiger partial charge on any atom is -0.378 e. The van der Waals surface area contributed by atoms with E-state index < -0.39 is 11.6 Å². The molecule has 0 aliphatic carbocycles. The number of nitrogens with zero attached hydrogens (tertiary/aromatic N) is 4. The van der Waals surface area contributed by atoms with Crippen molar-refractivity contribution in [2.75, 3.05) is 38.3 Å². The van der Waals surface area contributed by atoms with Crippen LogP contribution < -0.4 is 4.90 Å².